The molecule has 0 spiro atoms. The fraction of sp³-hybridized carbons (Fsp3) is 0.0714. The van der Waals surface area contributed by atoms with Crippen LogP contribution in [0, 0.1) is 5.41 Å². The van der Waals surface area contributed by atoms with Crippen LogP contribution in [0.4, 0.5) is 0 Å². The van der Waals surface area contributed by atoms with Crippen molar-refractivity contribution in [3.05, 3.63) is 59.2 Å². The van der Waals surface area contributed by atoms with Gasteiger partial charge in [-0.05, 0) is 17.7 Å². The maximum atomic E-state index is 8.85. The Kier molecular flexibility index (Phi) is 2.50. The van der Waals surface area contributed by atoms with Crippen molar-refractivity contribution < 1.29 is 9.94 Å². The Morgan fingerprint density at radius 3 is 2.72 bits per heavy atom. The molecule has 0 unspecified atom stereocenters. The quantitative estimate of drug-likeness (QED) is 0.348. The Morgan fingerprint density at radius 2 is 1.89 bits per heavy atom. The smallest absolute Gasteiger partial charge is 0.153 e. The summed E-state index contributed by atoms with van der Waals surface area (Å²) in [4.78, 5) is 0. The summed E-state index contributed by atoms with van der Waals surface area (Å²) in [7, 11) is 0. The molecule has 0 atom stereocenters. The number of rotatable bonds is 1. The normalized spacial score (nSPS) is 12.1. The van der Waals surface area contributed by atoms with Crippen LogP contribution >= 0.6 is 0 Å². The third-order valence-electron chi connectivity index (χ3n) is 3.04. The lowest BCUT2D eigenvalue weighted by Crippen LogP contribution is -2.20. The van der Waals surface area contributed by atoms with E-state index in [0.29, 0.717) is 11.3 Å². The Hall–Kier alpha value is -2.33. The van der Waals surface area contributed by atoms with Gasteiger partial charge >= 0.3 is 0 Å². The van der Waals surface area contributed by atoms with E-state index in [2.05, 4.69) is 0 Å². The van der Waals surface area contributed by atoms with E-state index in [9.17, 15) is 0 Å². The summed E-state index contributed by atoms with van der Waals surface area (Å²) in [5, 5.41) is 16.5. The molecular formula is C14H12N2O2. The van der Waals surface area contributed by atoms with Gasteiger partial charge in [-0.2, -0.15) is 0 Å². The fourth-order valence-corrected chi connectivity index (χ4v) is 2.17. The lowest BCUT2D eigenvalue weighted by Gasteiger charge is -2.22. The van der Waals surface area contributed by atoms with Gasteiger partial charge < -0.3 is 4.74 Å². The minimum atomic E-state index is -0.0637. The van der Waals surface area contributed by atoms with Gasteiger partial charge in [0.2, 0.25) is 0 Å². The molecular weight excluding hydrogens is 228 g/mol. The van der Waals surface area contributed by atoms with Gasteiger partial charge in [0.15, 0.2) is 5.84 Å². The van der Waals surface area contributed by atoms with Crippen molar-refractivity contribution >= 4 is 5.84 Å². The number of benzene rings is 2. The van der Waals surface area contributed by atoms with Crippen LogP contribution in [0.1, 0.15) is 16.7 Å². The Balaban J connectivity index is 2.10. The molecule has 3 rings (SSSR count). The van der Waals surface area contributed by atoms with E-state index in [0.717, 1.165) is 23.3 Å². The van der Waals surface area contributed by atoms with Gasteiger partial charge in [0.25, 0.3) is 0 Å². The summed E-state index contributed by atoms with van der Waals surface area (Å²) in [6, 6.07) is 13.4. The second-order valence-electron chi connectivity index (χ2n) is 4.17. The highest BCUT2D eigenvalue weighted by Gasteiger charge is 2.20. The third kappa shape index (κ3) is 1.63. The van der Waals surface area contributed by atoms with Crippen molar-refractivity contribution in [2.24, 2.45) is 0 Å². The molecule has 0 aromatic heterocycles. The number of amidine groups is 1. The highest BCUT2D eigenvalue weighted by atomic mass is 16.5. The predicted octanol–water partition coefficient (Wildman–Crippen LogP) is 2.69. The summed E-state index contributed by atoms with van der Waals surface area (Å²) >= 11 is 0. The van der Waals surface area contributed by atoms with Crippen LogP contribution in [0.15, 0.2) is 42.5 Å². The molecule has 0 fully saturated rings. The number of nitrogens with one attached hydrogen (secondary N) is 2. The lowest BCUT2D eigenvalue weighted by atomic mass is 9.97. The number of hydrogen-bond donors (Lipinski definition) is 3. The highest BCUT2D eigenvalue weighted by Crippen LogP contribution is 2.38. The standard InChI is InChI=1S/C14H12N2O2/c15-14(16-17)11-6-3-5-10-8-9-4-1-2-7-12(9)18-13(10)11/h1-7,17H,8H2,(H2,15,16). The van der Waals surface area contributed by atoms with Crippen LogP contribution in [0.5, 0.6) is 11.5 Å². The monoisotopic (exact) mass is 240 g/mol. The zero-order valence-electron chi connectivity index (χ0n) is 9.60. The Labute approximate surface area is 104 Å². The van der Waals surface area contributed by atoms with E-state index < -0.39 is 0 Å². The maximum absolute atomic E-state index is 8.85. The molecule has 0 amide bonds. The van der Waals surface area contributed by atoms with E-state index in [1.54, 1.807) is 6.07 Å². The molecule has 4 nitrogen and oxygen atoms in total. The van der Waals surface area contributed by atoms with Crippen molar-refractivity contribution in [1.82, 2.24) is 5.48 Å². The summed E-state index contributed by atoms with van der Waals surface area (Å²) < 4.78 is 5.84. The molecule has 1 heterocycles. The molecule has 0 saturated heterocycles. The number of hydroxylamine groups is 1. The van der Waals surface area contributed by atoms with Crippen molar-refractivity contribution in [3.63, 3.8) is 0 Å². The van der Waals surface area contributed by atoms with Crippen LogP contribution < -0.4 is 10.2 Å². The van der Waals surface area contributed by atoms with Gasteiger partial charge in [0.1, 0.15) is 11.5 Å². The number of fused-ring (bicyclic) bond motifs is 2. The van der Waals surface area contributed by atoms with E-state index >= 15 is 0 Å². The van der Waals surface area contributed by atoms with Gasteiger partial charge in [0, 0.05) is 12.0 Å². The predicted molar refractivity (Wildman–Crippen MR) is 67.5 cm³/mol. The lowest BCUT2D eigenvalue weighted by molar-refractivity contribution is 0.234. The van der Waals surface area contributed by atoms with Crippen LogP contribution in [0.25, 0.3) is 0 Å². The molecule has 0 radical (unpaired) electrons. The van der Waals surface area contributed by atoms with Gasteiger partial charge in [-0.1, -0.05) is 30.3 Å². The molecule has 3 N–H and O–H groups in total. The third-order valence-corrected chi connectivity index (χ3v) is 3.04. The number of para-hydroxylation sites is 2. The molecule has 0 aliphatic carbocycles. The van der Waals surface area contributed by atoms with Crippen molar-refractivity contribution in [2.45, 2.75) is 6.42 Å². The summed E-state index contributed by atoms with van der Waals surface area (Å²) in [6.07, 6.45) is 0.776. The molecule has 1 aliphatic heterocycles. The first kappa shape index (κ1) is 10.8. The van der Waals surface area contributed by atoms with Gasteiger partial charge in [0.05, 0.1) is 5.56 Å². The zero-order chi connectivity index (χ0) is 12.5. The van der Waals surface area contributed by atoms with E-state index in [1.165, 1.54) is 0 Å². The minimum absolute atomic E-state index is 0.0637. The summed E-state index contributed by atoms with van der Waals surface area (Å²) in [5.41, 5.74) is 4.57. The molecule has 0 bridgehead atoms. The van der Waals surface area contributed by atoms with E-state index in [1.807, 2.05) is 41.9 Å². The zero-order valence-corrected chi connectivity index (χ0v) is 9.60. The van der Waals surface area contributed by atoms with Crippen LogP contribution in [0.2, 0.25) is 0 Å². The first-order valence-corrected chi connectivity index (χ1v) is 5.66. The molecule has 90 valence electrons. The van der Waals surface area contributed by atoms with Crippen LogP contribution in [-0.2, 0) is 6.42 Å². The summed E-state index contributed by atoms with van der Waals surface area (Å²) in [6.45, 7) is 0. The first-order valence-electron chi connectivity index (χ1n) is 5.66. The summed E-state index contributed by atoms with van der Waals surface area (Å²) in [5.74, 6) is 1.39. The maximum Gasteiger partial charge on any atom is 0.153 e. The number of ether oxygens (including phenoxy) is 1. The van der Waals surface area contributed by atoms with Crippen molar-refractivity contribution in [2.75, 3.05) is 0 Å². The minimum Gasteiger partial charge on any atom is -0.456 e. The molecule has 2 aromatic rings. The SMILES string of the molecule is N=C(NO)c1cccc2c1Oc1ccccc1C2. The van der Waals surface area contributed by atoms with Crippen molar-refractivity contribution in [3.8, 4) is 11.5 Å². The van der Waals surface area contributed by atoms with E-state index in [4.69, 9.17) is 15.4 Å². The molecule has 18 heavy (non-hydrogen) atoms. The molecule has 2 aromatic carbocycles. The highest BCUT2D eigenvalue weighted by molar-refractivity contribution is 5.98. The fourth-order valence-electron chi connectivity index (χ4n) is 2.17. The van der Waals surface area contributed by atoms with Crippen molar-refractivity contribution in [1.29, 1.82) is 5.41 Å². The van der Waals surface area contributed by atoms with Crippen LogP contribution in [-0.4, -0.2) is 11.0 Å². The molecule has 0 saturated carbocycles. The second kappa shape index (κ2) is 4.16. The molecule has 1 aliphatic rings. The van der Waals surface area contributed by atoms with Crippen LogP contribution in [0.3, 0.4) is 0 Å². The Morgan fingerprint density at radius 1 is 1.11 bits per heavy atom. The second-order valence-corrected chi connectivity index (χ2v) is 4.17. The largest absolute Gasteiger partial charge is 0.456 e. The number of hydrogen-bond acceptors (Lipinski definition) is 3. The van der Waals surface area contributed by atoms with E-state index in [-0.39, 0.29) is 5.84 Å². The molecule has 4 heteroatoms. The van der Waals surface area contributed by atoms with Gasteiger partial charge in [-0.3, -0.25) is 16.1 Å². The first-order chi connectivity index (χ1) is 8.79. The average Bonchev–Trinajstić information content (AvgIpc) is 2.43. The Bertz CT molecular complexity index is 623. The van der Waals surface area contributed by atoms with Gasteiger partial charge in [-0.15, -0.1) is 0 Å². The van der Waals surface area contributed by atoms with Gasteiger partial charge in [-0.25, -0.2) is 0 Å². The average molecular weight is 240 g/mol. The topological polar surface area (TPSA) is 65.3 Å².